The summed E-state index contributed by atoms with van der Waals surface area (Å²) < 4.78 is 7.03. The third kappa shape index (κ3) is 13.1. The molecule has 314 valence electrons. The third-order valence-electron chi connectivity index (χ3n) is 10.7. The highest BCUT2D eigenvalue weighted by Crippen LogP contribution is 2.30. The molecule has 0 saturated carbocycles. The number of nitrogens with zero attached hydrogens (tertiary/aromatic N) is 4. The molecule has 5 amide bonds. The second-order valence-corrected chi connectivity index (χ2v) is 15.3. The number of imide groups is 1. The van der Waals surface area contributed by atoms with Crippen molar-refractivity contribution in [2.24, 2.45) is 0 Å². The van der Waals surface area contributed by atoms with Crippen LogP contribution in [0.4, 0.5) is 16.2 Å². The van der Waals surface area contributed by atoms with Crippen molar-refractivity contribution >= 4 is 40.9 Å². The molecule has 0 radical (unpaired) electrons. The van der Waals surface area contributed by atoms with Crippen molar-refractivity contribution < 1.29 is 28.7 Å². The summed E-state index contributed by atoms with van der Waals surface area (Å²) in [5.41, 5.74) is 1.95. The standard InChI is InChI=1S/C47H60N6O6/c1-3-4-5-6-7-8-9-10-11-12-13-14-15-16-23-28-41(54)49-37-29-30-40(59-2)39(33-37)50-46(57)43(44(56)45-48-31-32-52(45)38-26-21-18-22-27-38)53-42(55)35-51(47(53)58)34-36-24-19-17-20-25-36/h17-22,24-27,29-33,43H,3-16,23,28,34-35H2,1-2H3,(H,49,54)(H,50,57). The number of hydrogen-bond acceptors (Lipinski definition) is 7. The summed E-state index contributed by atoms with van der Waals surface area (Å²) in [6.07, 6.45) is 22.0. The normalized spacial score (nSPS) is 13.1. The van der Waals surface area contributed by atoms with Gasteiger partial charge in [-0.05, 0) is 42.3 Å². The maximum Gasteiger partial charge on any atom is 0.328 e. The number of anilines is 2. The van der Waals surface area contributed by atoms with E-state index in [0.717, 1.165) is 24.8 Å². The van der Waals surface area contributed by atoms with E-state index in [1.807, 2.05) is 36.4 Å². The molecule has 0 aliphatic carbocycles. The van der Waals surface area contributed by atoms with Crippen molar-refractivity contribution in [2.75, 3.05) is 24.3 Å². The Morgan fingerprint density at radius 1 is 0.746 bits per heavy atom. The molecule has 1 atom stereocenters. The summed E-state index contributed by atoms with van der Waals surface area (Å²) in [5, 5.41) is 5.63. The zero-order valence-corrected chi connectivity index (χ0v) is 34.7. The van der Waals surface area contributed by atoms with E-state index >= 15 is 0 Å². The molecule has 12 nitrogen and oxygen atoms in total. The van der Waals surface area contributed by atoms with E-state index in [2.05, 4.69) is 22.5 Å². The van der Waals surface area contributed by atoms with Crippen LogP contribution in [0.25, 0.3) is 5.69 Å². The molecule has 5 rings (SSSR count). The fourth-order valence-electron chi connectivity index (χ4n) is 7.47. The number of rotatable bonds is 26. The van der Waals surface area contributed by atoms with E-state index in [-0.39, 0.29) is 36.3 Å². The fraction of sp³-hybridized carbons (Fsp3) is 0.447. The number of methoxy groups -OCH3 is 1. The summed E-state index contributed by atoms with van der Waals surface area (Å²) in [4.78, 5) is 75.5. The Balaban J connectivity index is 1.19. The molecular formula is C47H60N6O6. The van der Waals surface area contributed by atoms with Gasteiger partial charge >= 0.3 is 6.03 Å². The number of ketones is 1. The lowest BCUT2D eigenvalue weighted by Gasteiger charge is -2.25. The van der Waals surface area contributed by atoms with E-state index in [0.29, 0.717) is 22.7 Å². The van der Waals surface area contributed by atoms with Gasteiger partial charge < -0.3 is 20.3 Å². The number of carbonyl (C=O) groups excluding carboxylic acids is 5. The highest BCUT2D eigenvalue weighted by molar-refractivity contribution is 6.21. The molecule has 1 fully saturated rings. The van der Waals surface area contributed by atoms with Gasteiger partial charge in [0.1, 0.15) is 12.3 Å². The first kappa shape index (κ1) is 44.3. The Labute approximate surface area is 348 Å². The number of carbonyl (C=O) groups is 5. The van der Waals surface area contributed by atoms with E-state index < -0.39 is 29.7 Å². The summed E-state index contributed by atoms with van der Waals surface area (Å²) >= 11 is 0. The molecule has 1 aliphatic rings. The zero-order chi connectivity index (χ0) is 41.8. The minimum Gasteiger partial charge on any atom is -0.495 e. The van der Waals surface area contributed by atoms with Gasteiger partial charge in [0.25, 0.3) is 11.8 Å². The van der Waals surface area contributed by atoms with E-state index in [1.54, 1.807) is 42.6 Å². The number of para-hydroxylation sites is 1. The van der Waals surface area contributed by atoms with Crippen LogP contribution in [0.5, 0.6) is 5.75 Å². The minimum atomic E-state index is -1.91. The second kappa shape index (κ2) is 23.6. The number of ether oxygens (including phenoxy) is 1. The van der Waals surface area contributed by atoms with Gasteiger partial charge in [0.05, 0.1) is 12.8 Å². The SMILES string of the molecule is CCCCCCCCCCCCCCCCCC(=O)Nc1ccc(OC)c(NC(=O)C(C(=O)c2nccn2-c2ccccc2)N2C(=O)CN(Cc3ccccc3)C2=O)c1. The van der Waals surface area contributed by atoms with Gasteiger partial charge in [0.2, 0.25) is 11.7 Å². The van der Waals surface area contributed by atoms with E-state index in [9.17, 15) is 24.0 Å². The minimum absolute atomic E-state index is 0.109. The molecular weight excluding hydrogens is 745 g/mol. The molecule has 2 N–H and O–H groups in total. The number of hydrogen-bond donors (Lipinski definition) is 2. The van der Waals surface area contributed by atoms with E-state index in [1.165, 1.54) is 106 Å². The monoisotopic (exact) mass is 804 g/mol. The van der Waals surface area contributed by atoms with Crippen molar-refractivity contribution in [1.29, 1.82) is 0 Å². The molecule has 0 bridgehead atoms. The molecule has 0 spiro atoms. The maximum atomic E-state index is 14.4. The predicted octanol–water partition coefficient (Wildman–Crippen LogP) is 9.74. The van der Waals surface area contributed by atoms with Gasteiger partial charge in [0, 0.05) is 36.7 Å². The van der Waals surface area contributed by atoms with Crippen molar-refractivity contribution in [3.8, 4) is 11.4 Å². The Morgan fingerprint density at radius 3 is 1.95 bits per heavy atom. The summed E-state index contributed by atoms with van der Waals surface area (Å²) in [6, 6.07) is 20.2. The molecule has 1 aromatic heterocycles. The van der Waals surface area contributed by atoms with Crippen LogP contribution in [0.3, 0.4) is 0 Å². The smallest absolute Gasteiger partial charge is 0.328 e. The number of benzene rings is 3. The molecule has 59 heavy (non-hydrogen) atoms. The molecule has 4 aromatic rings. The van der Waals surface area contributed by atoms with Crippen LogP contribution >= 0.6 is 0 Å². The maximum absolute atomic E-state index is 14.4. The average Bonchev–Trinajstić information content (AvgIpc) is 3.84. The first-order valence-corrected chi connectivity index (χ1v) is 21.4. The van der Waals surface area contributed by atoms with Crippen molar-refractivity contribution in [3.05, 3.63) is 103 Å². The quantitative estimate of drug-likeness (QED) is 0.0279. The van der Waals surface area contributed by atoms with Gasteiger partial charge in [-0.3, -0.25) is 23.7 Å². The Bertz CT molecular complexity index is 1970. The number of aromatic nitrogens is 2. The van der Waals surface area contributed by atoms with Crippen molar-refractivity contribution in [3.63, 3.8) is 0 Å². The number of urea groups is 1. The van der Waals surface area contributed by atoms with Gasteiger partial charge in [-0.2, -0.15) is 0 Å². The van der Waals surface area contributed by atoms with Crippen LogP contribution < -0.4 is 15.4 Å². The number of imidazole rings is 1. The van der Waals surface area contributed by atoms with Gasteiger partial charge in [-0.25, -0.2) is 14.7 Å². The Hall–Kier alpha value is -5.78. The molecule has 1 aliphatic heterocycles. The molecule has 3 aromatic carbocycles. The van der Waals surface area contributed by atoms with Crippen LogP contribution in [0.1, 0.15) is 126 Å². The second-order valence-electron chi connectivity index (χ2n) is 15.3. The van der Waals surface area contributed by atoms with Crippen LogP contribution in [0, 0.1) is 0 Å². The van der Waals surface area contributed by atoms with Crippen LogP contribution in [0.2, 0.25) is 0 Å². The number of amides is 5. The predicted molar refractivity (Wildman–Crippen MR) is 231 cm³/mol. The highest BCUT2D eigenvalue weighted by atomic mass is 16.5. The fourth-order valence-corrected chi connectivity index (χ4v) is 7.47. The van der Waals surface area contributed by atoms with Crippen LogP contribution in [-0.2, 0) is 20.9 Å². The van der Waals surface area contributed by atoms with Gasteiger partial charge in [-0.15, -0.1) is 0 Å². The first-order chi connectivity index (χ1) is 28.8. The van der Waals surface area contributed by atoms with E-state index in [4.69, 9.17) is 4.74 Å². The van der Waals surface area contributed by atoms with Crippen LogP contribution in [-0.4, -0.2) is 68.6 Å². The van der Waals surface area contributed by atoms with Gasteiger partial charge in [-0.1, -0.05) is 145 Å². The van der Waals surface area contributed by atoms with Crippen molar-refractivity contribution in [1.82, 2.24) is 19.4 Å². The van der Waals surface area contributed by atoms with Crippen molar-refractivity contribution in [2.45, 2.75) is 122 Å². The van der Waals surface area contributed by atoms with Crippen LogP contribution in [0.15, 0.2) is 91.3 Å². The molecule has 2 heterocycles. The lowest BCUT2D eigenvalue weighted by Crippen LogP contribution is -2.53. The summed E-state index contributed by atoms with van der Waals surface area (Å²) in [6.45, 7) is 2.05. The third-order valence-corrected chi connectivity index (χ3v) is 10.7. The lowest BCUT2D eigenvalue weighted by molar-refractivity contribution is -0.131. The molecule has 1 saturated heterocycles. The summed E-state index contributed by atoms with van der Waals surface area (Å²) in [7, 11) is 1.42. The number of unbranched alkanes of at least 4 members (excludes halogenated alkanes) is 14. The molecule has 12 heteroatoms. The molecule has 1 unspecified atom stereocenters. The Morgan fingerprint density at radius 2 is 1.34 bits per heavy atom. The summed E-state index contributed by atoms with van der Waals surface area (Å²) in [5.74, 6) is -2.54. The largest absolute Gasteiger partial charge is 0.495 e. The zero-order valence-electron chi connectivity index (χ0n) is 34.7. The average molecular weight is 805 g/mol. The number of nitrogens with one attached hydrogen (secondary N) is 2. The topological polar surface area (TPSA) is 143 Å². The van der Waals surface area contributed by atoms with Gasteiger partial charge in [0.15, 0.2) is 11.9 Å². The number of Topliss-reactive ketones (excluding diaryl/α,β-unsaturated/α-hetero) is 1. The lowest BCUT2D eigenvalue weighted by atomic mass is 10.0. The first-order valence-electron chi connectivity index (χ1n) is 21.4. The Kier molecular flexibility index (Phi) is 17.7. The highest BCUT2D eigenvalue weighted by Gasteiger charge is 2.48.